The van der Waals surface area contributed by atoms with Crippen molar-refractivity contribution in [3.8, 4) is 73.6 Å². The van der Waals surface area contributed by atoms with Crippen LogP contribution in [0.3, 0.4) is 0 Å². The lowest BCUT2D eigenvalue weighted by molar-refractivity contribution is 1.07. The molecule has 0 fully saturated rings. The molecule has 0 atom stereocenters. The zero-order valence-electron chi connectivity index (χ0n) is 29.7. The van der Waals surface area contributed by atoms with Crippen LogP contribution in [0.2, 0.25) is 0 Å². The van der Waals surface area contributed by atoms with Crippen molar-refractivity contribution in [3.05, 3.63) is 194 Å². The van der Waals surface area contributed by atoms with Gasteiger partial charge in [-0.25, -0.2) is 19.9 Å². The normalized spacial score (nSPS) is 11.3. The fourth-order valence-electron chi connectivity index (χ4n) is 7.28. The Hall–Kier alpha value is -7.57. The summed E-state index contributed by atoms with van der Waals surface area (Å²) in [5.41, 5.74) is 11.3. The van der Waals surface area contributed by atoms with Gasteiger partial charge in [0, 0.05) is 28.6 Å². The minimum absolute atomic E-state index is 0.638. The third-order valence-corrected chi connectivity index (χ3v) is 9.97. The number of aromatic nitrogens is 6. The minimum atomic E-state index is 0.638. The third kappa shape index (κ3) is 6.02. The number of para-hydroxylation sites is 2. The van der Waals surface area contributed by atoms with E-state index >= 15 is 0 Å². The molecule has 3 aromatic heterocycles. The number of pyridine rings is 1. The molecule has 0 spiro atoms. The van der Waals surface area contributed by atoms with Gasteiger partial charge in [0.05, 0.1) is 11.0 Å². The topological polar surface area (TPSA) is 69.4 Å². The van der Waals surface area contributed by atoms with Gasteiger partial charge >= 0.3 is 0 Å². The molecule has 10 aromatic rings. The molecule has 0 saturated heterocycles. The van der Waals surface area contributed by atoms with Crippen LogP contribution in [0.1, 0.15) is 0 Å². The van der Waals surface area contributed by atoms with E-state index in [0.717, 1.165) is 61.6 Å². The fourth-order valence-corrected chi connectivity index (χ4v) is 7.28. The Balaban J connectivity index is 1.00. The van der Waals surface area contributed by atoms with E-state index in [0.29, 0.717) is 17.5 Å². The van der Waals surface area contributed by atoms with Gasteiger partial charge in [0.25, 0.3) is 0 Å². The third-order valence-electron chi connectivity index (χ3n) is 9.97. The molecule has 10 rings (SSSR count). The predicted molar refractivity (Wildman–Crippen MR) is 222 cm³/mol. The van der Waals surface area contributed by atoms with Crippen molar-refractivity contribution in [1.82, 2.24) is 29.5 Å². The highest BCUT2D eigenvalue weighted by Crippen LogP contribution is 2.37. The largest absolute Gasteiger partial charge is 0.291 e. The van der Waals surface area contributed by atoms with E-state index in [1.165, 1.54) is 16.3 Å². The number of hydrogen-bond acceptors (Lipinski definition) is 5. The fraction of sp³-hybridized carbons (Fsp3) is 0. The molecule has 6 heteroatoms. The summed E-state index contributed by atoms with van der Waals surface area (Å²) in [6.45, 7) is 0. The van der Waals surface area contributed by atoms with Crippen LogP contribution >= 0.6 is 0 Å². The maximum atomic E-state index is 4.97. The molecule has 55 heavy (non-hydrogen) atoms. The van der Waals surface area contributed by atoms with Crippen LogP contribution < -0.4 is 0 Å². The molecule has 0 bridgehead atoms. The summed E-state index contributed by atoms with van der Waals surface area (Å²) in [6, 6.07) is 64.6. The summed E-state index contributed by atoms with van der Waals surface area (Å²) in [7, 11) is 0. The quantitative estimate of drug-likeness (QED) is 0.165. The minimum Gasteiger partial charge on any atom is -0.291 e. The van der Waals surface area contributed by atoms with Gasteiger partial charge < -0.3 is 0 Å². The summed E-state index contributed by atoms with van der Waals surface area (Å²) < 4.78 is 2.19. The van der Waals surface area contributed by atoms with Gasteiger partial charge in [-0.3, -0.25) is 9.55 Å². The van der Waals surface area contributed by atoms with E-state index in [1.807, 2.05) is 97.2 Å². The van der Waals surface area contributed by atoms with Crippen molar-refractivity contribution < 1.29 is 0 Å². The molecule has 0 amide bonds. The molecule has 0 radical (unpaired) electrons. The van der Waals surface area contributed by atoms with E-state index in [2.05, 4.69) is 107 Å². The summed E-state index contributed by atoms with van der Waals surface area (Å²) in [5, 5.41) is 2.38. The Morgan fingerprint density at radius 1 is 0.345 bits per heavy atom. The van der Waals surface area contributed by atoms with Gasteiger partial charge in [-0.2, -0.15) is 0 Å². The zero-order valence-corrected chi connectivity index (χ0v) is 29.7. The first-order valence-electron chi connectivity index (χ1n) is 18.3. The first-order chi connectivity index (χ1) is 27.3. The van der Waals surface area contributed by atoms with Crippen LogP contribution in [0.5, 0.6) is 0 Å². The second kappa shape index (κ2) is 13.8. The first kappa shape index (κ1) is 32.1. The van der Waals surface area contributed by atoms with Crippen LogP contribution in [0, 0.1) is 0 Å². The van der Waals surface area contributed by atoms with Crippen molar-refractivity contribution in [2.75, 3.05) is 0 Å². The van der Waals surface area contributed by atoms with Crippen LogP contribution in [0.4, 0.5) is 0 Å². The van der Waals surface area contributed by atoms with E-state index in [9.17, 15) is 0 Å². The number of hydrogen-bond donors (Lipinski definition) is 0. The number of fused-ring (bicyclic) bond motifs is 2. The highest BCUT2D eigenvalue weighted by atomic mass is 15.1. The highest BCUT2D eigenvalue weighted by Gasteiger charge is 2.17. The number of imidazole rings is 1. The Kier molecular flexibility index (Phi) is 8.04. The van der Waals surface area contributed by atoms with E-state index in [1.54, 1.807) is 0 Å². The van der Waals surface area contributed by atoms with Gasteiger partial charge in [-0.05, 0) is 69.4 Å². The van der Waals surface area contributed by atoms with Crippen molar-refractivity contribution in [1.29, 1.82) is 0 Å². The van der Waals surface area contributed by atoms with Gasteiger partial charge in [0.2, 0.25) is 0 Å². The second-order valence-corrected chi connectivity index (χ2v) is 13.3. The Bertz CT molecular complexity index is 2880. The van der Waals surface area contributed by atoms with Gasteiger partial charge in [0.15, 0.2) is 23.3 Å². The average molecular weight is 705 g/mol. The van der Waals surface area contributed by atoms with Crippen molar-refractivity contribution in [3.63, 3.8) is 0 Å². The molecule has 0 N–H and O–H groups in total. The van der Waals surface area contributed by atoms with Gasteiger partial charge in [0.1, 0.15) is 5.69 Å². The summed E-state index contributed by atoms with van der Waals surface area (Å²) in [6.07, 6.45) is 1.81. The number of nitrogens with zero attached hydrogens (tertiary/aromatic N) is 6. The molecule has 6 nitrogen and oxygen atoms in total. The Morgan fingerprint density at radius 2 is 0.818 bits per heavy atom. The Morgan fingerprint density at radius 3 is 1.38 bits per heavy atom. The maximum absolute atomic E-state index is 4.97. The molecule has 0 saturated carbocycles. The summed E-state index contributed by atoms with van der Waals surface area (Å²) in [5.74, 6) is 2.75. The summed E-state index contributed by atoms with van der Waals surface area (Å²) in [4.78, 5) is 24.3. The Labute approximate surface area is 318 Å². The molecule has 0 unspecified atom stereocenters. The molecule has 0 aliphatic carbocycles. The van der Waals surface area contributed by atoms with Crippen molar-refractivity contribution in [2.24, 2.45) is 0 Å². The predicted octanol–water partition coefficient (Wildman–Crippen LogP) is 11.8. The second-order valence-electron chi connectivity index (χ2n) is 13.3. The van der Waals surface area contributed by atoms with Gasteiger partial charge in [-0.15, -0.1) is 0 Å². The summed E-state index contributed by atoms with van der Waals surface area (Å²) >= 11 is 0. The van der Waals surface area contributed by atoms with Gasteiger partial charge in [-0.1, -0.05) is 152 Å². The number of benzene rings is 7. The van der Waals surface area contributed by atoms with Crippen LogP contribution in [0.25, 0.3) is 95.4 Å². The lowest BCUT2D eigenvalue weighted by atomic mass is 9.92. The monoisotopic (exact) mass is 704 g/mol. The van der Waals surface area contributed by atoms with E-state index < -0.39 is 0 Å². The number of rotatable bonds is 7. The molecule has 3 heterocycles. The average Bonchev–Trinajstić information content (AvgIpc) is 3.67. The zero-order chi connectivity index (χ0) is 36.6. The molecule has 258 valence electrons. The molecular weight excluding hydrogens is 673 g/mol. The molecular formula is C49H32N6. The molecule has 7 aromatic carbocycles. The highest BCUT2D eigenvalue weighted by molar-refractivity contribution is 6.05. The van der Waals surface area contributed by atoms with Crippen molar-refractivity contribution in [2.45, 2.75) is 0 Å². The molecule has 0 aliphatic rings. The standard InChI is InChI=1S/C49H32N6/c1-3-13-35(14-4-1)46-52-47(36-15-5-2-6-16-36)54-48(53-46)37-24-22-33(23-25-37)39-30-31-40(42-18-8-7-17-41(39)42)34-26-28-38(29-27-34)55-45-21-10-9-19-43(45)51-49(55)44-20-11-12-32-50-44/h1-32H. The lowest BCUT2D eigenvalue weighted by Crippen LogP contribution is -2.00. The smallest absolute Gasteiger partial charge is 0.164 e. The van der Waals surface area contributed by atoms with Crippen LogP contribution in [-0.2, 0) is 0 Å². The van der Waals surface area contributed by atoms with E-state index in [4.69, 9.17) is 19.9 Å². The SMILES string of the molecule is c1ccc(-c2nc(-c3ccccc3)nc(-c3ccc(-c4ccc(-c5ccc(-n6c(-c7ccccn7)nc7ccccc76)cc5)c5ccccc45)cc3)n2)cc1. The lowest BCUT2D eigenvalue weighted by Gasteiger charge is -2.14. The molecule has 0 aliphatic heterocycles. The van der Waals surface area contributed by atoms with Crippen molar-refractivity contribution >= 4 is 21.8 Å². The maximum Gasteiger partial charge on any atom is 0.164 e. The van der Waals surface area contributed by atoms with E-state index in [-0.39, 0.29) is 0 Å². The van der Waals surface area contributed by atoms with Crippen LogP contribution in [0.15, 0.2) is 194 Å². The van der Waals surface area contributed by atoms with Crippen LogP contribution in [-0.4, -0.2) is 29.5 Å². The first-order valence-corrected chi connectivity index (χ1v) is 18.3.